The second-order valence-electron chi connectivity index (χ2n) is 5.66. The molecular weight excluding hydrogens is 340 g/mol. The smallest absolute Gasteiger partial charge is 0.349 e. The van der Waals surface area contributed by atoms with Crippen LogP contribution in [-0.4, -0.2) is 30.0 Å². The molecule has 0 aromatic heterocycles. The van der Waals surface area contributed by atoms with E-state index in [0.29, 0.717) is 18.7 Å². The van der Waals surface area contributed by atoms with Crippen molar-refractivity contribution in [1.82, 2.24) is 0 Å². The molecule has 1 aliphatic rings. The number of hydrogen-bond donors (Lipinski definition) is 0. The zero-order valence-corrected chi connectivity index (χ0v) is 13.8. The van der Waals surface area contributed by atoms with E-state index in [4.69, 9.17) is 9.47 Å². The largest absolute Gasteiger partial charge is 0.482 e. The molecule has 1 heterocycles. The van der Waals surface area contributed by atoms with Crippen LogP contribution in [-0.2, 0) is 9.59 Å². The molecule has 1 aliphatic heterocycles. The molecule has 2 aromatic rings. The molecule has 1 saturated heterocycles. The lowest BCUT2D eigenvalue weighted by Gasteiger charge is -2.15. The van der Waals surface area contributed by atoms with Crippen LogP contribution >= 0.6 is 0 Å². The molecule has 0 radical (unpaired) electrons. The van der Waals surface area contributed by atoms with Gasteiger partial charge in [0.05, 0.1) is 11.0 Å². The molecule has 0 spiro atoms. The van der Waals surface area contributed by atoms with E-state index >= 15 is 0 Å². The average Bonchev–Trinajstić information content (AvgIpc) is 3.07. The highest BCUT2D eigenvalue weighted by Crippen LogP contribution is 2.24. The molecule has 0 saturated carbocycles. The monoisotopic (exact) mass is 356 g/mol. The first-order valence-corrected chi connectivity index (χ1v) is 8.01. The van der Waals surface area contributed by atoms with E-state index in [2.05, 4.69) is 0 Å². The number of carbonyl (C=O) groups is 2. The molecule has 0 unspecified atom stereocenters. The minimum atomic E-state index is -0.637. The van der Waals surface area contributed by atoms with E-state index in [0.717, 1.165) is 12.1 Å². The number of non-ortho nitro benzene ring substituents is 1. The summed E-state index contributed by atoms with van der Waals surface area (Å²) in [6, 6.07) is 12.2. The first-order chi connectivity index (χ1) is 12.5. The van der Waals surface area contributed by atoms with Crippen molar-refractivity contribution in [2.75, 3.05) is 18.1 Å². The van der Waals surface area contributed by atoms with Gasteiger partial charge in [-0.05, 0) is 36.8 Å². The summed E-state index contributed by atoms with van der Waals surface area (Å²) in [6.45, 7) is 0.308. The third kappa shape index (κ3) is 4.15. The number of benzene rings is 2. The molecule has 0 aliphatic carbocycles. The highest BCUT2D eigenvalue weighted by Gasteiger charge is 2.21. The summed E-state index contributed by atoms with van der Waals surface area (Å²) in [5.74, 6) is -0.0197. The standard InChI is InChI=1S/C18H16N2O6/c21-17-5-2-10-19(17)13-6-8-15(9-7-13)26-18(22)12-25-16-4-1-3-14(11-16)20(23)24/h1,3-4,6-9,11H,2,5,10,12H2. The van der Waals surface area contributed by atoms with Crippen LogP contribution in [0.25, 0.3) is 0 Å². The van der Waals surface area contributed by atoms with E-state index < -0.39 is 10.9 Å². The summed E-state index contributed by atoms with van der Waals surface area (Å²) in [7, 11) is 0. The van der Waals surface area contributed by atoms with Gasteiger partial charge >= 0.3 is 5.97 Å². The van der Waals surface area contributed by atoms with Crippen molar-refractivity contribution in [3.05, 3.63) is 58.6 Å². The first kappa shape index (κ1) is 17.4. The number of nitro benzene ring substituents is 1. The molecule has 3 rings (SSSR count). The van der Waals surface area contributed by atoms with Gasteiger partial charge in [-0.2, -0.15) is 0 Å². The Bertz CT molecular complexity index is 834. The molecule has 26 heavy (non-hydrogen) atoms. The van der Waals surface area contributed by atoms with Gasteiger partial charge in [0, 0.05) is 24.7 Å². The van der Waals surface area contributed by atoms with E-state index in [1.807, 2.05) is 0 Å². The van der Waals surface area contributed by atoms with Gasteiger partial charge < -0.3 is 14.4 Å². The second-order valence-corrected chi connectivity index (χ2v) is 5.66. The Balaban J connectivity index is 1.54. The van der Waals surface area contributed by atoms with Gasteiger partial charge in [-0.25, -0.2) is 4.79 Å². The van der Waals surface area contributed by atoms with Crippen molar-refractivity contribution in [1.29, 1.82) is 0 Å². The number of anilines is 1. The van der Waals surface area contributed by atoms with Crippen LogP contribution in [0.3, 0.4) is 0 Å². The number of hydrogen-bond acceptors (Lipinski definition) is 6. The number of nitro groups is 1. The molecule has 1 amide bonds. The van der Waals surface area contributed by atoms with E-state index in [1.165, 1.54) is 24.3 Å². The lowest BCUT2D eigenvalue weighted by molar-refractivity contribution is -0.384. The fourth-order valence-electron chi connectivity index (χ4n) is 2.61. The van der Waals surface area contributed by atoms with Crippen LogP contribution in [0.1, 0.15) is 12.8 Å². The zero-order valence-electron chi connectivity index (χ0n) is 13.8. The average molecular weight is 356 g/mol. The second kappa shape index (κ2) is 7.64. The fourth-order valence-corrected chi connectivity index (χ4v) is 2.61. The summed E-state index contributed by atoms with van der Waals surface area (Å²) in [5, 5.41) is 10.7. The van der Waals surface area contributed by atoms with Crippen molar-refractivity contribution in [3.8, 4) is 11.5 Å². The summed E-state index contributed by atoms with van der Waals surface area (Å²) in [5.41, 5.74) is 0.642. The quantitative estimate of drug-likeness (QED) is 0.341. The Morgan fingerprint density at radius 3 is 2.58 bits per heavy atom. The number of nitrogens with zero attached hydrogens (tertiary/aromatic N) is 2. The van der Waals surface area contributed by atoms with Crippen molar-refractivity contribution in [2.45, 2.75) is 12.8 Å². The zero-order chi connectivity index (χ0) is 18.5. The molecule has 2 aromatic carbocycles. The Hall–Kier alpha value is -3.42. The summed E-state index contributed by atoms with van der Waals surface area (Å²) >= 11 is 0. The lowest BCUT2D eigenvalue weighted by Crippen LogP contribution is -2.23. The van der Waals surface area contributed by atoms with Crippen LogP contribution in [0, 0.1) is 10.1 Å². The predicted molar refractivity (Wildman–Crippen MR) is 92.3 cm³/mol. The SMILES string of the molecule is O=C(COc1cccc([N+](=O)[O-])c1)Oc1ccc(N2CCCC2=O)cc1. The molecule has 0 N–H and O–H groups in total. The van der Waals surface area contributed by atoms with Gasteiger partial charge in [-0.3, -0.25) is 14.9 Å². The maximum atomic E-state index is 11.9. The summed E-state index contributed by atoms with van der Waals surface area (Å²) in [6.07, 6.45) is 1.39. The Morgan fingerprint density at radius 1 is 1.15 bits per heavy atom. The Morgan fingerprint density at radius 2 is 1.92 bits per heavy atom. The lowest BCUT2D eigenvalue weighted by atomic mass is 10.3. The summed E-state index contributed by atoms with van der Waals surface area (Å²) < 4.78 is 10.4. The minimum absolute atomic E-state index is 0.0834. The normalized spacial score (nSPS) is 13.5. The number of esters is 1. The fraction of sp³-hybridized carbons (Fsp3) is 0.222. The first-order valence-electron chi connectivity index (χ1n) is 8.01. The van der Waals surface area contributed by atoms with Crippen molar-refractivity contribution < 1.29 is 24.0 Å². The van der Waals surface area contributed by atoms with Crippen LogP contribution < -0.4 is 14.4 Å². The molecule has 8 nitrogen and oxygen atoms in total. The topological polar surface area (TPSA) is 99.0 Å². The molecule has 0 atom stereocenters. The molecule has 0 bridgehead atoms. The van der Waals surface area contributed by atoms with Crippen molar-refractivity contribution in [3.63, 3.8) is 0 Å². The predicted octanol–water partition coefficient (Wildman–Crippen LogP) is 2.71. The van der Waals surface area contributed by atoms with Crippen LogP contribution in [0.15, 0.2) is 48.5 Å². The minimum Gasteiger partial charge on any atom is -0.482 e. The molecule has 134 valence electrons. The highest BCUT2D eigenvalue weighted by molar-refractivity contribution is 5.95. The Kier molecular flexibility index (Phi) is 5.12. The van der Waals surface area contributed by atoms with E-state index in [1.54, 1.807) is 29.2 Å². The van der Waals surface area contributed by atoms with Crippen molar-refractivity contribution in [2.24, 2.45) is 0 Å². The number of carbonyl (C=O) groups excluding carboxylic acids is 2. The van der Waals surface area contributed by atoms with Gasteiger partial charge in [0.1, 0.15) is 11.5 Å². The van der Waals surface area contributed by atoms with E-state index in [-0.39, 0.29) is 24.0 Å². The van der Waals surface area contributed by atoms with Gasteiger partial charge in [0.25, 0.3) is 5.69 Å². The van der Waals surface area contributed by atoms with Crippen LogP contribution in [0.5, 0.6) is 11.5 Å². The third-order valence-corrected chi connectivity index (χ3v) is 3.84. The van der Waals surface area contributed by atoms with Gasteiger partial charge in [0.2, 0.25) is 5.91 Å². The third-order valence-electron chi connectivity index (χ3n) is 3.84. The number of rotatable bonds is 6. The number of ether oxygens (including phenoxy) is 2. The van der Waals surface area contributed by atoms with Crippen LogP contribution in [0.4, 0.5) is 11.4 Å². The van der Waals surface area contributed by atoms with Crippen molar-refractivity contribution >= 4 is 23.3 Å². The van der Waals surface area contributed by atoms with Gasteiger partial charge in [-0.15, -0.1) is 0 Å². The maximum absolute atomic E-state index is 11.9. The van der Waals surface area contributed by atoms with Gasteiger partial charge in [0.15, 0.2) is 6.61 Å². The molecule has 1 fully saturated rings. The molecular formula is C18H16N2O6. The maximum Gasteiger partial charge on any atom is 0.349 e. The molecule has 8 heteroatoms. The highest BCUT2D eigenvalue weighted by atomic mass is 16.6. The Labute approximate surface area is 149 Å². The number of amides is 1. The van der Waals surface area contributed by atoms with Gasteiger partial charge in [-0.1, -0.05) is 6.07 Å². The summed E-state index contributed by atoms with van der Waals surface area (Å²) in [4.78, 5) is 35.4. The van der Waals surface area contributed by atoms with E-state index in [9.17, 15) is 19.7 Å². The van der Waals surface area contributed by atoms with Crippen LogP contribution in [0.2, 0.25) is 0 Å².